The number of hydrogen-bond acceptors (Lipinski definition) is 4. The van der Waals surface area contributed by atoms with E-state index in [1.165, 1.54) is 32.1 Å². The fourth-order valence-corrected chi connectivity index (χ4v) is 3.06. The van der Waals surface area contributed by atoms with Gasteiger partial charge >= 0.3 is 12.1 Å². The Bertz CT molecular complexity index is 340. The third-order valence-corrected chi connectivity index (χ3v) is 4.08. The molecule has 1 fully saturated rings. The molecule has 128 valence electrons. The van der Waals surface area contributed by atoms with Crippen molar-refractivity contribution in [2.45, 2.75) is 59.3 Å². The van der Waals surface area contributed by atoms with Crippen LogP contribution in [0.5, 0.6) is 0 Å². The fourth-order valence-electron chi connectivity index (χ4n) is 3.06. The van der Waals surface area contributed by atoms with Crippen molar-refractivity contribution in [3.8, 4) is 0 Å². The Morgan fingerprint density at radius 1 is 1.09 bits per heavy atom. The van der Waals surface area contributed by atoms with Crippen LogP contribution >= 0.6 is 0 Å². The molecule has 0 spiro atoms. The molecule has 0 saturated heterocycles. The van der Waals surface area contributed by atoms with Crippen LogP contribution in [0.25, 0.3) is 0 Å². The summed E-state index contributed by atoms with van der Waals surface area (Å²) in [5.74, 6) is 0.441. The fraction of sp³-hybridized carbons (Fsp3) is 0.882. The molecule has 5 heteroatoms. The van der Waals surface area contributed by atoms with Gasteiger partial charge in [0.1, 0.15) is 0 Å². The van der Waals surface area contributed by atoms with Crippen molar-refractivity contribution in [3.63, 3.8) is 0 Å². The lowest BCUT2D eigenvalue weighted by Crippen LogP contribution is -2.39. The van der Waals surface area contributed by atoms with Crippen LogP contribution in [-0.4, -0.2) is 43.3 Å². The maximum atomic E-state index is 12.2. The van der Waals surface area contributed by atoms with Gasteiger partial charge in [0.15, 0.2) is 0 Å². The van der Waals surface area contributed by atoms with E-state index in [0.29, 0.717) is 32.1 Å². The largest absolute Gasteiger partial charge is 0.466 e. The summed E-state index contributed by atoms with van der Waals surface area (Å²) in [5, 5.41) is 0. The normalized spacial score (nSPS) is 16.9. The maximum absolute atomic E-state index is 12.2. The summed E-state index contributed by atoms with van der Waals surface area (Å²) >= 11 is 0. The molecule has 1 aliphatic carbocycles. The third-order valence-electron chi connectivity index (χ3n) is 4.08. The molecule has 1 unspecified atom stereocenters. The Morgan fingerprint density at radius 2 is 1.73 bits per heavy atom. The van der Waals surface area contributed by atoms with Gasteiger partial charge in [-0.3, -0.25) is 4.79 Å². The average Bonchev–Trinajstić information content (AvgIpc) is 2.48. The lowest BCUT2D eigenvalue weighted by atomic mass is 9.89. The number of amides is 1. The van der Waals surface area contributed by atoms with Crippen LogP contribution in [0.2, 0.25) is 0 Å². The first-order valence-electron chi connectivity index (χ1n) is 8.64. The van der Waals surface area contributed by atoms with Crippen molar-refractivity contribution in [2.24, 2.45) is 11.8 Å². The second kappa shape index (κ2) is 10.5. The van der Waals surface area contributed by atoms with Crippen molar-refractivity contribution in [1.82, 2.24) is 4.90 Å². The van der Waals surface area contributed by atoms with Crippen molar-refractivity contribution < 1.29 is 19.1 Å². The summed E-state index contributed by atoms with van der Waals surface area (Å²) in [4.78, 5) is 25.5. The highest BCUT2D eigenvalue weighted by molar-refractivity contribution is 5.70. The minimum Gasteiger partial charge on any atom is -0.466 e. The first-order chi connectivity index (χ1) is 10.6. The SMILES string of the molecule is CCOC(=O)CC(C)CN(CC1CCCCC1)C(=O)OCC. The van der Waals surface area contributed by atoms with Gasteiger partial charge < -0.3 is 14.4 Å². The first-order valence-corrected chi connectivity index (χ1v) is 8.64. The zero-order valence-electron chi connectivity index (χ0n) is 14.3. The number of carbonyl (C=O) groups is 2. The smallest absolute Gasteiger partial charge is 0.409 e. The minimum absolute atomic E-state index is 0.0760. The Balaban J connectivity index is 2.52. The highest BCUT2D eigenvalue weighted by Gasteiger charge is 2.24. The highest BCUT2D eigenvalue weighted by atomic mass is 16.6. The minimum atomic E-state index is -0.260. The average molecular weight is 313 g/mol. The van der Waals surface area contributed by atoms with E-state index in [9.17, 15) is 9.59 Å². The Morgan fingerprint density at radius 3 is 2.32 bits per heavy atom. The maximum Gasteiger partial charge on any atom is 0.409 e. The Kier molecular flexibility index (Phi) is 8.94. The molecular weight excluding hydrogens is 282 g/mol. The molecule has 5 nitrogen and oxygen atoms in total. The van der Waals surface area contributed by atoms with Crippen LogP contribution in [-0.2, 0) is 14.3 Å². The van der Waals surface area contributed by atoms with E-state index in [1.807, 2.05) is 13.8 Å². The van der Waals surface area contributed by atoms with E-state index < -0.39 is 0 Å². The topological polar surface area (TPSA) is 55.8 Å². The van der Waals surface area contributed by atoms with Gasteiger partial charge in [0, 0.05) is 19.5 Å². The van der Waals surface area contributed by atoms with E-state index in [2.05, 4.69) is 0 Å². The molecule has 1 aliphatic rings. The number of ether oxygens (including phenoxy) is 2. The molecule has 1 saturated carbocycles. The molecule has 0 aromatic rings. The first kappa shape index (κ1) is 18.8. The molecule has 1 atom stereocenters. The summed E-state index contributed by atoms with van der Waals surface area (Å²) in [7, 11) is 0. The van der Waals surface area contributed by atoms with Gasteiger partial charge in [-0.05, 0) is 38.5 Å². The molecule has 0 radical (unpaired) electrons. The van der Waals surface area contributed by atoms with Crippen LogP contribution in [0.3, 0.4) is 0 Å². The Labute approximate surface area is 134 Å². The molecule has 0 aliphatic heterocycles. The van der Waals surface area contributed by atoms with Crippen molar-refractivity contribution in [2.75, 3.05) is 26.3 Å². The van der Waals surface area contributed by atoms with Crippen molar-refractivity contribution >= 4 is 12.1 Å². The summed E-state index contributed by atoms with van der Waals surface area (Å²) in [6.07, 6.45) is 6.25. The highest BCUT2D eigenvalue weighted by Crippen LogP contribution is 2.25. The number of esters is 1. The van der Waals surface area contributed by atoms with E-state index in [0.717, 1.165) is 6.54 Å². The van der Waals surface area contributed by atoms with E-state index >= 15 is 0 Å². The predicted octanol–water partition coefficient (Wildman–Crippen LogP) is 3.61. The third kappa shape index (κ3) is 7.14. The lowest BCUT2D eigenvalue weighted by molar-refractivity contribution is -0.144. The van der Waals surface area contributed by atoms with Gasteiger partial charge in [-0.1, -0.05) is 26.2 Å². The Hall–Kier alpha value is -1.26. The predicted molar refractivity (Wildman–Crippen MR) is 85.6 cm³/mol. The van der Waals surface area contributed by atoms with E-state index in [1.54, 1.807) is 11.8 Å². The van der Waals surface area contributed by atoms with E-state index in [-0.39, 0.29) is 18.0 Å². The number of carbonyl (C=O) groups excluding carboxylic acids is 2. The number of rotatable bonds is 8. The molecule has 0 N–H and O–H groups in total. The summed E-state index contributed by atoms with van der Waals surface area (Å²) in [6, 6.07) is 0. The summed E-state index contributed by atoms with van der Waals surface area (Å²) in [5.41, 5.74) is 0. The van der Waals surface area contributed by atoms with Crippen LogP contribution in [0.1, 0.15) is 59.3 Å². The summed E-state index contributed by atoms with van der Waals surface area (Å²) < 4.78 is 10.1. The zero-order valence-corrected chi connectivity index (χ0v) is 14.3. The van der Waals surface area contributed by atoms with Crippen LogP contribution < -0.4 is 0 Å². The van der Waals surface area contributed by atoms with Crippen LogP contribution in [0.15, 0.2) is 0 Å². The number of nitrogens with zero attached hydrogens (tertiary/aromatic N) is 1. The second-order valence-electron chi connectivity index (χ2n) is 6.22. The molecule has 1 amide bonds. The molecule has 0 bridgehead atoms. The van der Waals surface area contributed by atoms with Gasteiger partial charge in [0.05, 0.1) is 13.2 Å². The van der Waals surface area contributed by atoms with Gasteiger partial charge in [0.2, 0.25) is 0 Å². The van der Waals surface area contributed by atoms with Crippen molar-refractivity contribution in [3.05, 3.63) is 0 Å². The van der Waals surface area contributed by atoms with Gasteiger partial charge in [0.25, 0.3) is 0 Å². The quantitative estimate of drug-likeness (QED) is 0.642. The zero-order chi connectivity index (χ0) is 16.4. The van der Waals surface area contributed by atoms with Gasteiger partial charge in [-0.2, -0.15) is 0 Å². The van der Waals surface area contributed by atoms with E-state index in [4.69, 9.17) is 9.47 Å². The molecule has 0 aromatic carbocycles. The molecular formula is C17H31NO4. The number of hydrogen-bond donors (Lipinski definition) is 0. The second-order valence-corrected chi connectivity index (χ2v) is 6.22. The lowest BCUT2D eigenvalue weighted by Gasteiger charge is -2.30. The van der Waals surface area contributed by atoms with Crippen LogP contribution in [0.4, 0.5) is 4.79 Å². The van der Waals surface area contributed by atoms with Crippen LogP contribution in [0, 0.1) is 11.8 Å². The molecule has 0 aromatic heterocycles. The molecule has 1 rings (SSSR count). The standard InChI is InChI=1S/C17H31NO4/c1-4-21-16(19)11-14(3)12-18(17(20)22-5-2)13-15-9-7-6-8-10-15/h14-15H,4-13H2,1-3H3. The van der Waals surface area contributed by atoms with Gasteiger partial charge in [-0.25, -0.2) is 4.79 Å². The van der Waals surface area contributed by atoms with Gasteiger partial charge in [-0.15, -0.1) is 0 Å². The molecule has 22 heavy (non-hydrogen) atoms. The molecule has 0 heterocycles. The van der Waals surface area contributed by atoms with Crippen molar-refractivity contribution in [1.29, 1.82) is 0 Å². The summed E-state index contributed by atoms with van der Waals surface area (Å²) in [6.45, 7) is 7.67. The monoisotopic (exact) mass is 313 g/mol.